The van der Waals surface area contributed by atoms with E-state index in [1.807, 2.05) is 24.3 Å². The lowest BCUT2D eigenvalue weighted by atomic mass is 10.0. The molecule has 0 heterocycles. The highest BCUT2D eigenvalue weighted by Crippen LogP contribution is 2.26. The molecular weight excluding hydrogens is 411 g/mol. The van der Waals surface area contributed by atoms with Crippen LogP contribution in [-0.4, -0.2) is 23.9 Å². The first-order valence-electron chi connectivity index (χ1n) is 9.02. The molecule has 0 aliphatic heterocycles. The van der Waals surface area contributed by atoms with Crippen molar-refractivity contribution >= 4 is 51.5 Å². The van der Waals surface area contributed by atoms with Crippen molar-refractivity contribution in [3.8, 4) is 0 Å². The van der Waals surface area contributed by atoms with Gasteiger partial charge in [0, 0.05) is 11.9 Å². The molecule has 1 unspecified atom stereocenters. The molecule has 8 heteroatoms. The molecule has 154 valence electrons. The fourth-order valence-corrected chi connectivity index (χ4v) is 2.96. The average molecular weight is 429 g/mol. The van der Waals surface area contributed by atoms with Crippen LogP contribution in [0.2, 0.25) is 5.02 Å². The summed E-state index contributed by atoms with van der Waals surface area (Å²) >= 11 is 5.69. The van der Waals surface area contributed by atoms with Crippen molar-refractivity contribution in [3.05, 3.63) is 71.0 Å². The number of rotatable bonds is 5. The number of halogens is 2. The molecule has 0 bridgehead atoms. The number of nitrogens with one attached hydrogen (secondary N) is 2. The number of amides is 2. The molecule has 6 nitrogen and oxygen atoms in total. The van der Waals surface area contributed by atoms with E-state index in [0.717, 1.165) is 16.8 Å². The predicted molar refractivity (Wildman–Crippen MR) is 113 cm³/mol. The van der Waals surface area contributed by atoms with E-state index < -0.39 is 23.8 Å². The van der Waals surface area contributed by atoms with Gasteiger partial charge in [-0.25, -0.2) is 9.18 Å². The van der Waals surface area contributed by atoms with E-state index in [0.29, 0.717) is 0 Å². The number of anilines is 2. The van der Waals surface area contributed by atoms with Crippen LogP contribution >= 0.6 is 11.6 Å². The monoisotopic (exact) mass is 428 g/mol. The summed E-state index contributed by atoms with van der Waals surface area (Å²) in [6.45, 7) is 2.68. The Morgan fingerprint density at radius 2 is 1.63 bits per heavy atom. The van der Waals surface area contributed by atoms with Gasteiger partial charge in [0.1, 0.15) is 5.82 Å². The van der Waals surface area contributed by atoms with Crippen molar-refractivity contribution in [2.24, 2.45) is 0 Å². The number of ether oxygens (including phenoxy) is 1. The van der Waals surface area contributed by atoms with Gasteiger partial charge < -0.3 is 15.4 Å². The van der Waals surface area contributed by atoms with Crippen molar-refractivity contribution in [1.29, 1.82) is 0 Å². The van der Waals surface area contributed by atoms with Gasteiger partial charge in [-0.2, -0.15) is 0 Å². The Labute approximate surface area is 177 Å². The lowest BCUT2D eigenvalue weighted by Gasteiger charge is -2.16. The number of fused-ring (bicyclic) bond motifs is 1. The van der Waals surface area contributed by atoms with Crippen molar-refractivity contribution < 1.29 is 23.5 Å². The van der Waals surface area contributed by atoms with Gasteiger partial charge >= 0.3 is 5.97 Å². The summed E-state index contributed by atoms with van der Waals surface area (Å²) in [5, 5.41) is 6.72. The molecule has 2 N–H and O–H groups in total. The standard InChI is InChI=1S/C22H18ClFN2O4/c1-12(21(28)26-19-8-7-16(23)11-18(19)24)30-22(29)17-9-14-5-3-4-6-15(14)10-20(17)25-13(2)27/h3-12H,1-2H3,(H,25,27)(H,26,28). The SMILES string of the molecule is CC(=O)Nc1cc2ccccc2cc1C(=O)OC(C)C(=O)Nc1ccc(Cl)cc1F. The largest absolute Gasteiger partial charge is 0.449 e. The number of hydrogen-bond acceptors (Lipinski definition) is 4. The zero-order chi connectivity index (χ0) is 21.8. The zero-order valence-electron chi connectivity index (χ0n) is 16.2. The van der Waals surface area contributed by atoms with E-state index in [1.54, 1.807) is 12.1 Å². The highest BCUT2D eigenvalue weighted by atomic mass is 35.5. The Morgan fingerprint density at radius 1 is 0.967 bits per heavy atom. The van der Waals surface area contributed by atoms with Crippen LogP contribution in [0.1, 0.15) is 24.2 Å². The van der Waals surface area contributed by atoms with Crippen LogP contribution in [0.5, 0.6) is 0 Å². The van der Waals surface area contributed by atoms with Crippen LogP contribution in [-0.2, 0) is 14.3 Å². The molecule has 1 atom stereocenters. The highest BCUT2D eigenvalue weighted by Gasteiger charge is 2.22. The molecule has 0 radical (unpaired) electrons. The summed E-state index contributed by atoms with van der Waals surface area (Å²) in [5.41, 5.74) is 0.278. The molecule has 3 aromatic carbocycles. The third-order valence-electron chi connectivity index (χ3n) is 4.26. The van der Waals surface area contributed by atoms with E-state index in [-0.39, 0.29) is 27.9 Å². The van der Waals surface area contributed by atoms with E-state index in [2.05, 4.69) is 10.6 Å². The van der Waals surface area contributed by atoms with Gasteiger partial charge in [0.25, 0.3) is 5.91 Å². The number of hydrogen-bond donors (Lipinski definition) is 2. The van der Waals surface area contributed by atoms with Gasteiger partial charge in [-0.3, -0.25) is 9.59 Å². The van der Waals surface area contributed by atoms with E-state index in [4.69, 9.17) is 16.3 Å². The van der Waals surface area contributed by atoms with Gasteiger partial charge in [-0.15, -0.1) is 0 Å². The third kappa shape index (κ3) is 4.93. The second kappa shape index (κ2) is 8.92. The maximum absolute atomic E-state index is 13.9. The minimum absolute atomic E-state index is 0.0862. The molecule has 3 aromatic rings. The molecule has 0 fully saturated rings. The molecule has 0 aliphatic carbocycles. The van der Waals surface area contributed by atoms with Gasteiger partial charge in [0.2, 0.25) is 5.91 Å². The normalized spacial score (nSPS) is 11.6. The Balaban J connectivity index is 1.80. The van der Waals surface area contributed by atoms with E-state index in [1.165, 1.54) is 26.0 Å². The molecule has 0 aliphatic rings. The van der Waals surface area contributed by atoms with Crippen molar-refractivity contribution in [1.82, 2.24) is 0 Å². The summed E-state index contributed by atoms with van der Waals surface area (Å²) in [6, 6.07) is 14.3. The van der Waals surface area contributed by atoms with Crippen molar-refractivity contribution in [2.45, 2.75) is 20.0 Å². The van der Waals surface area contributed by atoms with Crippen LogP contribution < -0.4 is 10.6 Å². The topological polar surface area (TPSA) is 84.5 Å². The fraction of sp³-hybridized carbons (Fsp3) is 0.136. The van der Waals surface area contributed by atoms with Gasteiger partial charge in [-0.1, -0.05) is 35.9 Å². The van der Waals surface area contributed by atoms with E-state index >= 15 is 0 Å². The van der Waals surface area contributed by atoms with Gasteiger partial charge in [0.15, 0.2) is 6.10 Å². The molecule has 2 amide bonds. The van der Waals surface area contributed by atoms with Crippen LogP contribution in [0.25, 0.3) is 10.8 Å². The predicted octanol–water partition coefficient (Wildman–Crippen LogP) is 4.77. The molecule has 30 heavy (non-hydrogen) atoms. The summed E-state index contributed by atoms with van der Waals surface area (Å²) < 4.78 is 19.1. The second-order valence-electron chi connectivity index (χ2n) is 6.59. The summed E-state index contributed by atoms with van der Waals surface area (Å²) in [7, 11) is 0. The summed E-state index contributed by atoms with van der Waals surface area (Å²) in [6.07, 6.45) is -1.22. The van der Waals surface area contributed by atoms with Crippen molar-refractivity contribution in [3.63, 3.8) is 0 Å². The third-order valence-corrected chi connectivity index (χ3v) is 4.49. The highest BCUT2D eigenvalue weighted by molar-refractivity contribution is 6.30. The van der Waals surface area contributed by atoms with Crippen LogP contribution in [0.15, 0.2) is 54.6 Å². The first-order chi connectivity index (χ1) is 14.2. The van der Waals surface area contributed by atoms with Gasteiger partial charge in [0.05, 0.1) is 16.9 Å². The number of carbonyl (C=O) groups excluding carboxylic acids is 3. The Bertz CT molecular complexity index is 1150. The molecule has 0 spiro atoms. The molecule has 0 aromatic heterocycles. The maximum Gasteiger partial charge on any atom is 0.341 e. The zero-order valence-corrected chi connectivity index (χ0v) is 16.9. The fourth-order valence-electron chi connectivity index (χ4n) is 2.81. The maximum atomic E-state index is 13.9. The first kappa shape index (κ1) is 21.3. The molecule has 3 rings (SSSR count). The number of carbonyl (C=O) groups is 3. The second-order valence-corrected chi connectivity index (χ2v) is 7.02. The minimum Gasteiger partial charge on any atom is -0.449 e. The van der Waals surface area contributed by atoms with Gasteiger partial charge in [-0.05, 0) is 48.0 Å². The molecule has 0 saturated carbocycles. The number of esters is 1. The molecular formula is C22H18ClFN2O4. The van der Waals surface area contributed by atoms with E-state index in [9.17, 15) is 18.8 Å². The van der Waals surface area contributed by atoms with Crippen molar-refractivity contribution in [2.75, 3.05) is 10.6 Å². The number of benzene rings is 3. The van der Waals surface area contributed by atoms with Crippen LogP contribution in [0.3, 0.4) is 0 Å². The first-order valence-corrected chi connectivity index (χ1v) is 9.39. The lowest BCUT2D eigenvalue weighted by Crippen LogP contribution is -2.30. The average Bonchev–Trinajstić information content (AvgIpc) is 2.68. The molecule has 0 saturated heterocycles. The summed E-state index contributed by atoms with van der Waals surface area (Å²) in [4.78, 5) is 36.6. The quantitative estimate of drug-likeness (QED) is 0.573. The lowest BCUT2D eigenvalue weighted by molar-refractivity contribution is -0.123. The summed E-state index contributed by atoms with van der Waals surface area (Å²) in [5.74, 6) is -2.59. The van der Waals surface area contributed by atoms with Crippen LogP contribution in [0.4, 0.5) is 15.8 Å². The Kier molecular flexibility index (Phi) is 6.32. The van der Waals surface area contributed by atoms with Crippen LogP contribution in [0, 0.1) is 5.82 Å². The smallest absolute Gasteiger partial charge is 0.341 e. The minimum atomic E-state index is -1.22. The Hall–Kier alpha value is -3.45. The Morgan fingerprint density at radius 3 is 2.27 bits per heavy atom.